The maximum absolute atomic E-state index is 12.3. The van der Waals surface area contributed by atoms with Crippen LogP contribution in [-0.2, 0) is 9.53 Å². The first kappa shape index (κ1) is 21.3. The highest BCUT2D eigenvalue weighted by Gasteiger charge is 2.25. The lowest BCUT2D eigenvalue weighted by molar-refractivity contribution is -0.385. The first-order chi connectivity index (χ1) is 14.3. The minimum absolute atomic E-state index is 0.0214. The molecule has 1 aliphatic heterocycles. The summed E-state index contributed by atoms with van der Waals surface area (Å²) >= 11 is 6.31. The van der Waals surface area contributed by atoms with Crippen LogP contribution in [0.1, 0.15) is 30.5 Å². The van der Waals surface area contributed by atoms with E-state index in [9.17, 15) is 14.9 Å². The summed E-state index contributed by atoms with van der Waals surface area (Å²) in [6.45, 7) is 6.13. The number of nitrogens with zero attached hydrogens (tertiary/aromatic N) is 2. The Kier molecular flexibility index (Phi) is 6.37. The van der Waals surface area contributed by atoms with Gasteiger partial charge in [0, 0.05) is 17.2 Å². The number of nitro benzene ring substituents is 1. The fraction of sp³-hybridized carbons (Fsp3) is 0.238. The lowest BCUT2D eigenvalue weighted by Gasteiger charge is -2.13. The molecular weight excluding hydrogens is 412 g/mol. The lowest BCUT2D eigenvalue weighted by atomic mass is 10.1. The summed E-state index contributed by atoms with van der Waals surface area (Å²) in [5, 5.41) is 11.3. The maximum atomic E-state index is 12.3. The van der Waals surface area contributed by atoms with E-state index in [4.69, 9.17) is 25.8 Å². The lowest BCUT2D eigenvalue weighted by Crippen LogP contribution is -2.06. The molecule has 1 aliphatic rings. The van der Waals surface area contributed by atoms with Crippen LogP contribution in [0.5, 0.6) is 11.5 Å². The highest BCUT2D eigenvalue weighted by Crippen LogP contribution is 2.37. The first-order valence-electron chi connectivity index (χ1n) is 9.21. The number of aliphatic imine (C=N–C) groups is 1. The van der Waals surface area contributed by atoms with Crippen LogP contribution in [-0.4, -0.2) is 30.0 Å². The van der Waals surface area contributed by atoms with Gasteiger partial charge in [0.05, 0.1) is 23.2 Å². The highest BCUT2D eigenvalue weighted by molar-refractivity contribution is 6.32. The molecule has 0 amide bonds. The molecule has 1 heterocycles. The smallest absolute Gasteiger partial charge is 0.363 e. The quantitative estimate of drug-likeness (QED) is 0.273. The van der Waals surface area contributed by atoms with E-state index < -0.39 is 10.9 Å². The number of esters is 1. The monoisotopic (exact) mass is 430 g/mol. The third-order valence-electron chi connectivity index (χ3n) is 4.18. The van der Waals surface area contributed by atoms with Crippen LogP contribution in [0.4, 0.5) is 5.69 Å². The van der Waals surface area contributed by atoms with Gasteiger partial charge in [0.25, 0.3) is 5.69 Å². The van der Waals surface area contributed by atoms with Crippen molar-refractivity contribution >= 4 is 35.2 Å². The zero-order valence-corrected chi connectivity index (χ0v) is 17.4. The van der Waals surface area contributed by atoms with E-state index in [0.29, 0.717) is 46.4 Å². The van der Waals surface area contributed by atoms with Gasteiger partial charge in [-0.3, -0.25) is 10.1 Å². The van der Waals surface area contributed by atoms with E-state index in [1.165, 1.54) is 18.2 Å². The Morgan fingerprint density at radius 3 is 2.57 bits per heavy atom. The molecule has 0 bridgehead atoms. The van der Waals surface area contributed by atoms with Crippen molar-refractivity contribution in [3.05, 3.63) is 67.9 Å². The Bertz CT molecular complexity index is 1080. The van der Waals surface area contributed by atoms with Gasteiger partial charge in [0.15, 0.2) is 17.2 Å². The summed E-state index contributed by atoms with van der Waals surface area (Å²) < 4.78 is 16.4. The zero-order chi connectivity index (χ0) is 21.8. The van der Waals surface area contributed by atoms with Gasteiger partial charge in [-0.15, -0.1) is 0 Å². The minimum atomic E-state index is -0.635. The molecule has 156 valence electrons. The number of rotatable bonds is 7. The van der Waals surface area contributed by atoms with Gasteiger partial charge in [-0.1, -0.05) is 11.6 Å². The van der Waals surface area contributed by atoms with Crippen LogP contribution in [0.2, 0.25) is 5.02 Å². The van der Waals surface area contributed by atoms with Crippen molar-refractivity contribution in [3.63, 3.8) is 0 Å². The molecule has 0 aliphatic carbocycles. The largest absolute Gasteiger partial charge is 0.490 e. The number of aryl methyl sites for hydroxylation is 1. The van der Waals surface area contributed by atoms with E-state index in [0.717, 1.165) is 0 Å². The summed E-state index contributed by atoms with van der Waals surface area (Å²) in [5.41, 5.74) is 1.54. The Morgan fingerprint density at radius 1 is 1.20 bits per heavy atom. The topological polar surface area (TPSA) is 100 Å². The molecule has 8 nitrogen and oxygen atoms in total. The molecule has 0 aromatic heterocycles. The number of halogens is 1. The average Bonchev–Trinajstić information content (AvgIpc) is 3.05. The van der Waals surface area contributed by atoms with Gasteiger partial charge in [0.1, 0.15) is 0 Å². The molecule has 9 heteroatoms. The number of cyclic esters (lactones) is 1. The predicted octanol–water partition coefficient (Wildman–Crippen LogP) is 4.70. The Balaban J connectivity index is 1.96. The van der Waals surface area contributed by atoms with Crippen molar-refractivity contribution in [1.82, 2.24) is 0 Å². The molecule has 0 N–H and O–H groups in total. The van der Waals surface area contributed by atoms with Gasteiger partial charge in [-0.2, -0.15) is 0 Å². The van der Waals surface area contributed by atoms with Gasteiger partial charge in [-0.05, 0) is 56.7 Å². The Morgan fingerprint density at radius 2 is 1.93 bits per heavy atom. The number of carbonyl (C=O) groups excluding carboxylic acids is 1. The van der Waals surface area contributed by atoms with E-state index in [1.54, 1.807) is 25.1 Å². The average molecular weight is 431 g/mol. The molecule has 0 fully saturated rings. The molecular formula is C21H19ClN2O6. The molecule has 0 spiro atoms. The third kappa shape index (κ3) is 4.44. The normalized spacial score (nSPS) is 14.5. The maximum Gasteiger partial charge on any atom is 0.363 e. The van der Waals surface area contributed by atoms with Crippen molar-refractivity contribution in [2.24, 2.45) is 4.99 Å². The van der Waals surface area contributed by atoms with Gasteiger partial charge in [-0.25, -0.2) is 9.79 Å². The molecule has 0 radical (unpaired) electrons. The van der Waals surface area contributed by atoms with E-state index in [2.05, 4.69) is 4.99 Å². The van der Waals surface area contributed by atoms with Crippen molar-refractivity contribution in [2.45, 2.75) is 20.8 Å². The number of hydrogen-bond donors (Lipinski definition) is 0. The van der Waals surface area contributed by atoms with Crippen LogP contribution >= 0.6 is 11.6 Å². The van der Waals surface area contributed by atoms with E-state index in [1.807, 2.05) is 13.8 Å². The third-order valence-corrected chi connectivity index (χ3v) is 4.47. The number of ether oxygens (including phenoxy) is 3. The molecule has 2 aromatic carbocycles. The minimum Gasteiger partial charge on any atom is -0.490 e. The first-order valence-corrected chi connectivity index (χ1v) is 9.59. The summed E-state index contributed by atoms with van der Waals surface area (Å²) in [7, 11) is 0. The summed E-state index contributed by atoms with van der Waals surface area (Å²) in [6, 6.07) is 7.72. The van der Waals surface area contributed by atoms with Crippen molar-refractivity contribution in [2.75, 3.05) is 13.2 Å². The number of hydrogen-bond acceptors (Lipinski definition) is 7. The van der Waals surface area contributed by atoms with Crippen LogP contribution in [0, 0.1) is 17.0 Å². The second-order valence-corrected chi connectivity index (χ2v) is 6.70. The summed E-state index contributed by atoms with van der Waals surface area (Å²) in [6.07, 6.45) is 1.53. The standard InChI is InChI=1S/C21H19ClN2O6/c1-4-28-18-11-13(9-15(22)19(18)29-5-2)10-16-21(25)30-20(23-16)14-6-7-17(24(26)27)12(3)8-14/h6-11H,4-5H2,1-3H3/b16-10-. The molecule has 0 atom stereocenters. The zero-order valence-electron chi connectivity index (χ0n) is 16.6. The summed E-state index contributed by atoms with van der Waals surface area (Å²) in [5.74, 6) is 0.332. The predicted molar refractivity (Wildman–Crippen MR) is 112 cm³/mol. The van der Waals surface area contributed by atoms with Gasteiger partial charge in [0.2, 0.25) is 5.90 Å². The molecule has 2 aromatic rings. The molecule has 0 unspecified atom stereocenters. The van der Waals surface area contributed by atoms with Crippen LogP contribution < -0.4 is 9.47 Å². The van der Waals surface area contributed by atoms with Crippen LogP contribution in [0.25, 0.3) is 6.08 Å². The van der Waals surface area contributed by atoms with Gasteiger partial charge >= 0.3 is 5.97 Å². The van der Waals surface area contributed by atoms with Gasteiger partial charge < -0.3 is 14.2 Å². The SMILES string of the molecule is CCOc1cc(/C=C2\N=C(c3ccc([N+](=O)[O-])c(C)c3)OC2=O)cc(Cl)c1OCC. The number of benzene rings is 2. The van der Waals surface area contributed by atoms with Crippen molar-refractivity contribution < 1.29 is 23.9 Å². The molecule has 0 saturated heterocycles. The van der Waals surface area contributed by atoms with E-state index >= 15 is 0 Å². The van der Waals surface area contributed by atoms with Crippen LogP contribution in [0.3, 0.4) is 0 Å². The molecule has 3 rings (SSSR count). The Hall–Kier alpha value is -3.39. The fourth-order valence-electron chi connectivity index (χ4n) is 2.90. The van der Waals surface area contributed by atoms with Crippen molar-refractivity contribution in [3.8, 4) is 11.5 Å². The summed E-state index contributed by atoms with van der Waals surface area (Å²) in [4.78, 5) is 27.0. The number of nitro groups is 1. The van der Waals surface area contributed by atoms with E-state index in [-0.39, 0.29) is 17.3 Å². The Labute approximate surface area is 177 Å². The second kappa shape index (κ2) is 8.96. The number of carbonyl (C=O) groups is 1. The van der Waals surface area contributed by atoms with Crippen molar-refractivity contribution in [1.29, 1.82) is 0 Å². The van der Waals surface area contributed by atoms with Crippen LogP contribution in [0.15, 0.2) is 41.0 Å². The second-order valence-electron chi connectivity index (χ2n) is 6.29. The highest BCUT2D eigenvalue weighted by atomic mass is 35.5. The fourth-order valence-corrected chi connectivity index (χ4v) is 3.18. The molecule has 30 heavy (non-hydrogen) atoms. The molecule has 0 saturated carbocycles.